The van der Waals surface area contributed by atoms with Gasteiger partial charge in [0.25, 0.3) is 0 Å². The van der Waals surface area contributed by atoms with E-state index in [0.29, 0.717) is 12.6 Å². The van der Waals surface area contributed by atoms with Crippen LogP contribution in [0.25, 0.3) is 0 Å². The summed E-state index contributed by atoms with van der Waals surface area (Å²) in [5.41, 5.74) is 2.25. The van der Waals surface area contributed by atoms with E-state index in [1.807, 2.05) is 36.7 Å². The van der Waals surface area contributed by atoms with Crippen molar-refractivity contribution in [2.75, 3.05) is 26.2 Å². The smallest absolute Gasteiger partial charge is 0.387 e. The number of benzene rings is 2. The van der Waals surface area contributed by atoms with E-state index < -0.39 is 6.61 Å². The van der Waals surface area contributed by atoms with Crippen LogP contribution in [0.5, 0.6) is 5.75 Å². The van der Waals surface area contributed by atoms with Gasteiger partial charge in [-0.05, 0) is 29.8 Å². The minimum Gasteiger partial charge on any atom is -0.435 e. The lowest BCUT2D eigenvalue weighted by Gasteiger charge is -2.45. The fourth-order valence-electron chi connectivity index (χ4n) is 5.72. The topological polar surface area (TPSA) is 52.0 Å². The van der Waals surface area contributed by atoms with Gasteiger partial charge in [0, 0.05) is 37.9 Å². The maximum atomic E-state index is 12.7. The number of halogens is 2. The molecular weight excluding hydrogens is 424 g/mol. The highest BCUT2D eigenvalue weighted by Gasteiger charge is 2.50. The zero-order chi connectivity index (χ0) is 22.7. The SMILES string of the molecule is FC(F)Oc1ccc(C(c2nncn2Cc2ccccc2)[N+]2(C3CCNC3)CCCC2)cc1. The fraction of sp³-hybridized carbons (Fsp3) is 0.440. The highest BCUT2D eigenvalue weighted by molar-refractivity contribution is 5.31. The Morgan fingerprint density at radius 2 is 1.82 bits per heavy atom. The van der Waals surface area contributed by atoms with Gasteiger partial charge in [0.2, 0.25) is 0 Å². The van der Waals surface area contributed by atoms with Crippen LogP contribution >= 0.6 is 0 Å². The van der Waals surface area contributed by atoms with Crippen molar-refractivity contribution in [3.8, 4) is 5.75 Å². The van der Waals surface area contributed by atoms with Crippen molar-refractivity contribution >= 4 is 0 Å². The molecule has 2 aliphatic heterocycles. The number of aromatic nitrogens is 3. The number of likely N-dealkylation sites (tertiary alicyclic amines) is 1. The third-order valence-corrected chi connectivity index (χ3v) is 7.18. The number of nitrogens with zero attached hydrogens (tertiary/aromatic N) is 4. The molecule has 6 nitrogen and oxygen atoms in total. The molecule has 0 radical (unpaired) electrons. The molecule has 3 heterocycles. The van der Waals surface area contributed by atoms with Crippen molar-refractivity contribution in [1.82, 2.24) is 20.1 Å². The number of hydrogen-bond donors (Lipinski definition) is 1. The summed E-state index contributed by atoms with van der Waals surface area (Å²) in [6.45, 7) is 2.01. The average Bonchev–Trinajstić information content (AvgIpc) is 3.59. The first-order valence-electron chi connectivity index (χ1n) is 11.7. The lowest BCUT2D eigenvalue weighted by atomic mass is 9.97. The van der Waals surface area contributed by atoms with E-state index in [-0.39, 0.29) is 11.8 Å². The van der Waals surface area contributed by atoms with E-state index in [0.717, 1.165) is 48.5 Å². The summed E-state index contributed by atoms with van der Waals surface area (Å²) in [6.07, 6.45) is 5.28. The second-order valence-electron chi connectivity index (χ2n) is 9.06. The molecule has 3 aromatic rings. The first kappa shape index (κ1) is 22.0. The Morgan fingerprint density at radius 1 is 1.06 bits per heavy atom. The maximum Gasteiger partial charge on any atom is 0.387 e. The second kappa shape index (κ2) is 9.57. The largest absolute Gasteiger partial charge is 0.435 e. The molecule has 2 aliphatic rings. The zero-order valence-electron chi connectivity index (χ0n) is 18.6. The Hall–Kier alpha value is -2.84. The summed E-state index contributed by atoms with van der Waals surface area (Å²) >= 11 is 0. The minimum atomic E-state index is -2.83. The molecule has 1 N–H and O–H groups in total. The average molecular weight is 455 g/mol. The molecule has 2 saturated heterocycles. The van der Waals surface area contributed by atoms with E-state index in [9.17, 15) is 8.78 Å². The van der Waals surface area contributed by atoms with Gasteiger partial charge in [-0.25, -0.2) is 0 Å². The molecule has 8 heteroatoms. The van der Waals surface area contributed by atoms with Crippen molar-refractivity contribution in [2.45, 2.75) is 44.5 Å². The molecule has 2 atom stereocenters. The molecular formula is C25H30F2N5O+. The molecule has 2 unspecified atom stereocenters. The summed E-state index contributed by atoms with van der Waals surface area (Å²) < 4.78 is 33.1. The monoisotopic (exact) mass is 454 g/mol. The first-order valence-corrected chi connectivity index (χ1v) is 11.7. The van der Waals surface area contributed by atoms with Crippen LogP contribution in [-0.4, -0.2) is 58.1 Å². The molecule has 0 aliphatic carbocycles. The van der Waals surface area contributed by atoms with Crippen LogP contribution in [0.4, 0.5) is 8.78 Å². The van der Waals surface area contributed by atoms with Gasteiger partial charge in [-0.15, -0.1) is 10.2 Å². The summed E-state index contributed by atoms with van der Waals surface area (Å²) in [4.78, 5) is 0. The quantitative estimate of drug-likeness (QED) is 0.523. The number of nitrogens with one attached hydrogen (secondary N) is 1. The molecule has 2 fully saturated rings. The zero-order valence-corrected chi connectivity index (χ0v) is 18.6. The normalized spacial score (nSPS) is 20.9. The second-order valence-corrected chi connectivity index (χ2v) is 9.06. The highest BCUT2D eigenvalue weighted by Crippen LogP contribution is 2.42. The number of hydrogen-bond acceptors (Lipinski definition) is 4. The van der Waals surface area contributed by atoms with Crippen molar-refractivity contribution < 1.29 is 18.0 Å². The van der Waals surface area contributed by atoms with Crippen LogP contribution in [0.15, 0.2) is 60.9 Å². The Morgan fingerprint density at radius 3 is 2.48 bits per heavy atom. The standard InChI is InChI=1S/C25H30F2N5O/c26-25(27)33-22-10-8-20(9-11-22)23(32(14-4-5-15-32)21-12-13-28-16-21)24-30-29-18-31(24)17-19-6-2-1-3-7-19/h1-3,6-11,18,21,23,25,28H,4-5,12-17H2/q+1. The molecule has 0 spiro atoms. The summed E-state index contributed by atoms with van der Waals surface area (Å²) in [7, 11) is 0. The Kier molecular flexibility index (Phi) is 6.37. The fourth-order valence-corrected chi connectivity index (χ4v) is 5.72. The van der Waals surface area contributed by atoms with Gasteiger partial charge in [-0.1, -0.05) is 30.3 Å². The molecule has 5 rings (SSSR count). The van der Waals surface area contributed by atoms with Crippen molar-refractivity contribution in [2.24, 2.45) is 0 Å². The molecule has 2 aromatic carbocycles. The molecule has 0 amide bonds. The van der Waals surface area contributed by atoms with Gasteiger partial charge in [-0.3, -0.25) is 0 Å². The Bertz CT molecular complexity index is 1030. The van der Waals surface area contributed by atoms with Gasteiger partial charge in [0.1, 0.15) is 18.1 Å². The van der Waals surface area contributed by atoms with Gasteiger partial charge >= 0.3 is 6.61 Å². The molecule has 33 heavy (non-hydrogen) atoms. The van der Waals surface area contributed by atoms with E-state index in [4.69, 9.17) is 0 Å². The number of rotatable bonds is 8. The third kappa shape index (κ3) is 4.50. The van der Waals surface area contributed by atoms with E-state index >= 15 is 0 Å². The van der Waals surface area contributed by atoms with Crippen LogP contribution in [-0.2, 0) is 6.54 Å². The van der Waals surface area contributed by atoms with Crippen LogP contribution in [0.2, 0.25) is 0 Å². The summed E-state index contributed by atoms with van der Waals surface area (Å²) in [6, 6.07) is 17.9. The minimum absolute atomic E-state index is 0.0239. The van der Waals surface area contributed by atoms with Gasteiger partial charge in [0.05, 0.1) is 19.6 Å². The Balaban J connectivity index is 1.57. The predicted molar refractivity (Wildman–Crippen MR) is 121 cm³/mol. The van der Waals surface area contributed by atoms with Crippen molar-refractivity contribution in [1.29, 1.82) is 0 Å². The van der Waals surface area contributed by atoms with E-state index in [1.54, 1.807) is 12.1 Å². The summed E-state index contributed by atoms with van der Waals surface area (Å²) in [5.74, 6) is 1.10. The van der Waals surface area contributed by atoms with Gasteiger partial charge < -0.3 is 19.1 Å². The van der Waals surface area contributed by atoms with Gasteiger partial charge in [-0.2, -0.15) is 8.78 Å². The Labute approximate surface area is 192 Å². The first-order chi connectivity index (χ1) is 16.2. The van der Waals surface area contributed by atoms with Crippen LogP contribution in [0.3, 0.4) is 0 Å². The lowest BCUT2D eigenvalue weighted by molar-refractivity contribution is -0.962. The highest BCUT2D eigenvalue weighted by atomic mass is 19.3. The van der Waals surface area contributed by atoms with Crippen LogP contribution in [0, 0.1) is 0 Å². The predicted octanol–water partition coefficient (Wildman–Crippen LogP) is 3.99. The number of quaternary nitrogens is 1. The van der Waals surface area contributed by atoms with E-state index in [1.165, 1.54) is 18.4 Å². The van der Waals surface area contributed by atoms with E-state index in [2.05, 4.69) is 37.0 Å². The summed E-state index contributed by atoms with van der Waals surface area (Å²) in [5, 5.41) is 12.5. The van der Waals surface area contributed by atoms with Crippen LogP contribution < -0.4 is 10.1 Å². The molecule has 0 bridgehead atoms. The number of ether oxygens (including phenoxy) is 1. The van der Waals surface area contributed by atoms with Crippen molar-refractivity contribution in [3.05, 3.63) is 77.9 Å². The van der Waals surface area contributed by atoms with Crippen molar-refractivity contribution in [3.63, 3.8) is 0 Å². The molecule has 1 aromatic heterocycles. The molecule has 0 saturated carbocycles. The third-order valence-electron chi connectivity index (χ3n) is 7.18. The van der Waals surface area contributed by atoms with Crippen LogP contribution in [0.1, 0.15) is 42.3 Å². The lowest BCUT2D eigenvalue weighted by Crippen LogP contribution is -2.57. The molecule has 174 valence electrons. The number of alkyl halides is 2. The van der Waals surface area contributed by atoms with Gasteiger partial charge in [0.15, 0.2) is 11.9 Å². The maximum absolute atomic E-state index is 12.7.